The first-order chi connectivity index (χ1) is 6.91. The van der Waals surface area contributed by atoms with Crippen molar-refractivity contribution in [1.29, 1.82) is 0 Å². The number of rotatable bonds is 11. The molecule has 2 heteroatoms. The number of hydrogen-bond donors (Lipinski definition) is 0. The molecule has 0 rings (SSSR count). The molecule has 0 N–H and O–H groups in total. The van der Waals surface area contributed by atoms with E-state index in [1.165, 1.54) is 38.4 Å². The maximum Gasteiger partial charge on any atom is 0.0873 e. The average Bonchev–Trinajstić information content (AvgIpc) is 2.21. The zero-order valence-corrected chi connectivity index (χ0v) is 9.46. The molecular weight excluding hydrogens is 176 g/mol. The minimum atomic E-state index is 0.822. The summed E-state index contributed by atoms with van der Waals surface area (Å²) in [5.41, 5.74) is 0. The van der Waals surface area contributed by atoms with Crippen LogP contribution in [0.4, 0.5) is 0 Å². The Morgan fingerprint density at radius 3 is 2.07 bits per heavy atom. The van der Waals surface area contributed by atoms with E-state index in [2.05, 4.69) is 6.58 Å². The van der Waals surface area contributed by atoms with Gasteiger partial charge in [-0.25, -0.2) is 0 Å². The molecule has 84 valence electrons. The fourth-order valence-corrected chi connectivity index (χ4v) is 1.32. The summed E-state index contributed by atoms with van der Waals surface area (Å²) in [6, 6.07) is 0. The average molecular weight is 200 g/mol. The van der Waals surface area contributed by atoms with E-state index >= 15 is 0 Å². The predicted molar refractivity (Wildman–Crippen MR) is 60.3 cm³/mol. The van der Waals surface area contributed by atoms with Gasteiger partial charge in [0, 0.05) is 13.2 Å². The van der Waals surface area contributed by atoms with Crippen molar-refractivity contribution >= 4 is 0 Å². The fourth-order valence-electron chi connectivity index (χ4n) is 1.32. The second-order valence-electron chi connectivity index (χ2n) is 3.36. The molecule has 0 spiro atoms. The maximum atomic E-state index is 5.26. The van der Waals surface area contributed by atoms with Crippen LogP contribution in [0.5, 0.6) is 0 Å². The highest BCUT2D eigenvalue weighted by Gasteiger charge is 1.91. The van der Waals surface area contributed by atoms with Gasteiger partial charge in [0.1, 0.15) is 0 Å². The van der Waals surface area contributed by atoms with Crippen molar-refractivity contribution in [1.82, 2.24) is 0 Å². The quantitative estimate of drug-likeness (QED) is 0.375. The molecule has 0 aromatic carbocycles. The van der Waals surface area contributed by atoms with Crippen LogP contribution in [0.1, 0.15) is 45.4 Å². The summed E-state index contributed by atoms with van der Waals surface area (Å²) in [5.74, 6) is 0. The molecular formula is C12H24O2. The van der Waals surface area contributed by atoms with Gasteiger partial charge in [0.15, 0.2) is 0 Å². The topological polar surface area (TPSA) is 18.5 Å². The highest BCUT2D eigenvalue weighted by atomic mass is 16.5. The van der Waals surface area contributed by atoms with Crippen LogP contribution in [-0.2, 0) is 9.47 Å². The number of unbranched alkanes of at least 4 members (excludes halogenated alkanes) is 5. The summed E-state index contributed by atoms with van der Waals surface area (Å²) >= 11 is 0. The van der Waals surface area contributed by atoms with Gasteiger partial charge in [0.05, 0.1) is 12.9 Å². The third-order valence-corrected chi connectivity index (χ3v) is 2.12. The molecule has 0 fully saturated rings. The Hall–Kier alpha value is -0.500. The molecule has 0 saturated carbocycles. The minimum Gasteiger partial charge on any atom is -0.502 e. The van der Waals surface area contributed by atoms with Crippen LogP contribution in [0.3, 0.4) is 0 Å². The van der Waals surface area contributed by atoms with Crippen LogP contribution >= 0.6 is 0 Å². The van der Waals surface area contributed by atoms with Gasteiger partial charge in [-0.05, 0) is 19.8 Å². The van der Waals surface area contributed by atoms with Crippen molar-refractivity contribution in [2.24, 2.45) is 0 Å². The van der Waals surface area contributed by atoms with E-state index in [1.54, 1.807) is 0 Å². The molecule has 0 saturated heterocycles. The first kappa shape index (κ1) is 13.5. The fraction of sp³-hybridized carbons (Fsp3) is 0.833. The zero-order valence-electron chi connectivity index (χ0n) is 9.46. The zero-order chi connectivity index (χ0) is 10.5. The molecule has 0 heterocycles. The molecule has 0 aromatic heterocycles. The van der Waals surface area contributed by atoms with Crippen LogP contribution < -0.4 is 0 Å². The Morgan fingerprint density at radius 2 is 1.50 bits per heavy atom. The Labute approximate surface area is 88.3 Å². The van der Waals surface area contributed by atoms with Crippen LogP contribution in [0, 0.1) is 0 Å². The van der Waals surface area contributed by atoms with Crippen LogP contribution in [0.25, 0.3) is 0 Å². The second-order valence-corrected chi connectivity index (χ2v) is 3.36. The first-order valence-electron chi connectivity index (χ1n) is 5.72. The molecule has 0 bridgehead atoms. The Morgan fingerprint density at radius 1 is 0.929 bits per heavy atom. The highest BCUT2D eigenvalue weighted by Crippen LogP contribution is 2.05. The van der Waals surface area contributed by atoms with E-state index in [4.69, 9.17) is 9.47 Å². The Kier molecular flexibility index (Phi) is 12.1. The minimum absolute atomic E-state index is 0.822. The normalized spacial score (nSPS) is 10.1. The van der Waals surface area contributed by atoms with Crippen molar-refractivity contribution in [2.75, 3.05) is 19.8 Å². The lowest BCUT2D eigenvalue weighted by molar-refractivity contribution is 0.143. The van der Waals surface area contributed by atoms with E-state index in [0.717, 1.165) is 26.2 Å². The van der Waals surface area contributed by atoms with Crippen LogP contribution in [0.15, 0.2) is 12.8 Å². The maximum absolute atomic E-state index is 5.26. The highest BCUT2D eigenvalue weighted by molar-refractivity contribution is 4.50. The molecule has 0 radical (unpaired) electrons. The summed E-state index contributed by atoms with van der Waals surface area (Å²) in [6.07, 6.45) is 9.06. The van der Waals surface area contributed by atoms with E-state index in [0.29, 0.717) is 0 Å². The number of hydrogen-bond acceptors (Lipinski definition) is 2. The lowest BCUT2D eigenvalue weighted by atomic mass is 10.1. The summed E-state index contributed by atoms with van der Waals surface area (Å²) in [6.45, 7) is 8.14. The Balaban J connectivity index is 2.81. The lowest BCUT2D eigenvalue weighted by Crippen LogP contribution is -1.93. The number of ether oxygens (including phenoxy) is 2. The molecule has 0 aromatic rings. The van der Waals surface area contributed by atoms with Gasteiger partial charge in [-0.3, -0.25) is 0 Å². The largest absolute Gasteiger partial charge is 0.502 e. The molecule has 0 unspecified atom stereocenters. The summed E-state index contributed by atoms with van der Waals surface area (Å²) in [5, 5.41) is 0. The smallest absolute Gasteiger partial charge is 0.0873 e. The molecule has 0 aliphatic carbocycles. The molecule has 2 nitrogen and oxygen atoms in total. The van der Waals surface area contributed by atoms with Gasteiger partial charge in [0.2, 0.25) is 0 Å². The van der Waals surface area contributed by atoms with Crippen molar-refractivity contribution in [3.05, 3.63) is 12.8 Å². The van der Waals surface area contributed by atoms with Gasteiger partial charge < -0.3 is 9.47 Å². The van der Waals surface area contributed by atoms with Crippen molar-refractivity contribution in [3.63, 3.8) is 0 Å². The van der Waals surface area contributed by atoms with Gasteiger partial charge in [-0.15, -0.1) is 0 Å². The van der Waals surface area contributed by atoms with E-state index in [-0.39, 0.29) is 0 Å². The molecule has 0 amide bonds. The molecule has 0 aliphatic heterocycles. The van der Waals surface area contributed by atoms with Gasteiger partial charge >= 0.3 is 0 Å². The van der Waals surface area contributed by atoms with E-state index in [1.807, 2.05) is 6.92 Å². The van der Waals surface area contributed by atoms with Gasteiger partial charge in [0.25, 0.3) is 0 Å². The molecule has 0 atom stereocenters. The SMILES string of the molecule is C=COCCCCCCCCOCC. The second kappa shape index (κ2) is 12.5. The monoisotopic (exact) mass is 200 g/mol. The predicted octanol–water partition coefficient (Wildman–Crippen LogP) is 3.52. The van der Waals surface area contributed by atoms with Gasteiger partial charge in [-0.2, -0.15) is 0 Å². The van der Waals surface area contributed by atoms with Crippen molar-refractivity contribution in [3.8, 4) is 0 Å². The van der Waals surface area contributed by atoms with Gasteiger partial charge in [-0.1, -0.05) is 32.3 Å². The van der Waals surface area contributed by atoms with E-state index < -0.39 is 0 Å². The summed E-state index contributed by atoms with van der Waals surface area (Å²) in [4.78, 5) is 0. The summed E-state index contributed by atoms with van der Waals surface area (Å²) in [7, 11) is 0. The third kappa shape index (κ3) is 11.5. The van der Waals surface area contributed by atoms with E-state index in [9.17, 15) is 0 Å². The first-order valence-corrected chi connectivity index (χ1v) is 5.72. The Bertz CT molecular complexity index is 113. The summed E-state index contributed by atoms with van der Waals surface area (Å²) < 4.78 is 10.3. The van der Waals surface area contributed by atoms with Crippen molar-refractivity contribution < 1.29 is 9.47 Å². The third-order valence-electron chi connectivity index (χ3n) is 2.12. The lowest BCUT2D eigenvalue weighted by Gasteiger charge is -2.02. The van der Waals surface area contributed by atoms with Crippen LogP contribution in [0.2, 0.25) is 0 Å². The molecule has 14 heavy (non-hydrogen) atoms. The molecule has 0 aliphatic rings. The van der Waals surface area contributed by atoms with Crippen molar-refractivity contribution in [2.45, 2.75) is 45.4 Å². The standard InChI is InChI=1S/C12H24O2/c1-3-13-11-9-7-5-6-8-10-12-14-4-2/h3H,1,4-12H2,2H3. The van der Waals surface area contributed by atoms with Crippen LogP contribution in [-0.4, -0.2) is 19.8 Å².